The van der Waals surface area contributed by atoms with Gasteiger partial charge in [0, 0.05) is 17.3 Å². The molecule has 0 saturated carbocycles. The van der Waals surface area contributed by atoms with Gasteiger partial charge in [-0.1, -0.05) is 17.7 Å². The van der Waals surface area contributed by atoms with Crippen molar-refractivity contribution in [3.05, 3.63) is 81.9 Å². The minimum absolute atomic E-state index is 0.340. The third kappa shape index (κ3) is 4.11. The van der Waals surface area contributed by atoms with Crippen LogP contribution in [0.2, 0.25) is 0 Å². The highest BCUT2D eigenvalue weighted by atomic mass is 19.1. The monoisotopic (exact) mass is 365 g/mol. The fourth-order valence-electron chi connectivity index (χ4n) is 2.78. The lowest BCUT2D eigenvalue weighted by molar-refractivity contribution is -0.119. The first kappa shape index (κ1) is 18.5. The van der Waals surface area contributed by atoms with Gasteiger partial charge in [0.05, 0.1) is 5.69 Å². The van der Waals surface area contributed by atoms with E-state index in [1.165, 1.54) is 18.2 Å². The molecule has 1 aromatic heterocycles. The molecule has 3 rings (SSSR count). The molecule has 1 N–H and O–H groups in total. The quantitative estimate of drug-likeness (QED) is 0.763. The highest BCUT2D eigenvalue weighted by Gasteiger charge is 2.19. The van der Waals surface area contributed by atoms with E-state index in [0.29, 0.717) is 16.9 Å². The Hall–Kier alpha value is -3.28. The fraction of sp³-hybridized carbons (Fsp3) is 0.190. The van der Waals surface area contributed by atoms with Gasteiger partial charge in [0.1, 0.15) is 11.9 Å². The molecule has 5 nitrogen and oxygen atoms in total. The van der Waals surface area contributed by atoms with Crippen LogP contribution in [-0.4, -0.2) is 15.7 Å². The number of nitrogens with zero attached hydrogens (tertiary/aromatic N) is 2. The van der Waals surface area contributed by atoms with Crippen LogP contribution in [0.4, 0.5) is 10.1 Å². The number of aryl methyl sites for hydroxylation is 2. The second-order valence-corrected chi connectivity index (χ2v) is 6.49. The van der Waals surface area contributed by atoms with Crippen molar-refractivity contribution in [1.82, 2.24) is 9.78 Å². The topological polar surface area (TPSA) is 64.0 Å². The lowest BCUT2D eigenvalue weighted by Gasteiger charge is -2.16. The molecule has 1 atom stereocenters. The Labute approximate surface area is 156 Å². The van der Waals surface area contributed by atoms with Crippen LogP contribution in [-0.2, 0) is 4.79 Å². The highest BCUT2D eigenvalue weighted by Crippen LogP contribution is 2.19. The number of halogens is 1. The third-order valence-electron chi connectivity index (χ3n) is 4.35. The summed E-state index contributed by atoms with van der Waals surface area (Å²) in [7, 11) is 0. The number of hydrogen-bond donors (Lipinski definition) is 1. The predicted molar refractivity (Wildman–Crippen MR) is 103 cm³/mol. The van der Waals surface area contributed by atoms with Crippen molar-refractivity contribution in [3.63, 3.8) is 0 Å². The van der Waals surface area contributed by atoms with Crippen molar-refractivity contribution < 1.29 is 9.18 Å². The van der Waals surface area contributed by atoms with E-state index in [1.54, 1.807) is 25.1 Å². The zero-order valence-electron chi connectivity index (χ0n) is 15.4. The number of benzene rings is 2. The molecule has 27 heavy (non-hydrogen) atoms. The molecule has 1 unspecified atom stereocenters. The Balaban J connectivity index is 1.88. The molecule has 0 aliphatic heterocycles. The lowest BCUT2D eigenvalue weighted by Crippen LogP contribution is -2.33. The van der Waals surface area contributed by atoms with E-state index in [2.05, 4.69) is 10.4 Å². The predicted octanol–water partition coefficient (Wildman–Crippen LogP) is 3.87. The summed E-state index contributed by atoms with van der Waals surface area (Å²) in [4.78, 5) is 24.9. The maximum Gasteiger partial charge on any atom is 0.267 e. The van der Waals surface area contributed by atoms with Crippen LogP contribution in [0.5, 0.6) is 0 Å². The van der Waals surface area contributed by atoms with Gasteiger partial charge < -0.3 is 5.32 Å². The summed E-state index contributed by atoms with van der Waals surface area (Å²) in [6.45, 7) is 5.50. The molecular formula is C21H20FN3O2. The van der Waals surface area contributed by atoms with E-state index in [1.807, 2.05) is 32.0 Å². The van der Waals surface area contributed by atoms with Crippen molar-refractivity contribution in [3.8, 4) is 11.3 Å². The zero-order chi connectivity index (χ0) is 19.6. The van der Waals surface area contributed by atoms with Crippen LogP contribution in [0.25, 0.3) is 11.3 Å². The molecule has 0 radical (unpaired) electrons. The lowest BCUT2D eigenvalue weighted by atomic mass is 10.1. The minimum atomic E-state index is -0.807. The molecule has 1 amide bonds. The molecule has 1 heterocycles. The Morgan fingerprint density at radius 1 is 1.07 bits per heavy atom. The number of carbonyl (C=O) groups excluding carboxylic acids is 1. The van der Waals surface area contributed by atoms with Crippen LogP contribution in [0.15, 0.2) is 59.4 Å². The van der Waals surface area contributed by atoms with Crippen LogP contribution >= 0.6 is 0 Å². The first-order valence-electron chi connectivity index (χ1n) is 8.59. The molecule has 6 heteroatoms. The molecule has 0 aliphatic rings. The van der Waals surface area contributed by atoms with Gasteiger partial charge in [0.25, 0.3) is 5.56 Å². The van der Waals surface area contributed by atoms with Crippen LogP contribution in [0.1, 0.15) is 24.1 Å². The van der Waals surface area contributed by atoms with Gasteiger partial charge in [-0.2, -0.15) is 5.10 Å². The first-order chi connectivity index (χ1) is 12.8. The molecule has 138 valence electrons. The molecule has 2 aromatic carbocycles. The van der Waals surface area contributed by atoms with Crippen molar-refractivity contribution in [2.75, 3.05) is 5.32 Å². The molecule has 0 saturated heterocycles. The summed E-state index contributed by atoms with van der Waals surface area (Å²) in [5, 5.41) is 7.13. The Bertz CT molecular complexity index is 1040. The van der Waals surface area contributed by atoms with Crippen molar-refractivity contribution in [1.29, 1.82) is 0 Å². The molecule has 0 fully saturated rings. The Morgan fingerprint density at radius 3 is 2.44 bits per heavy atom. The average Bonchev–Trinajstić information content (AvgIpc) is 2.64. The number of anilines is 1. The standard InChI is InChI=1S/C21H20FN3O2/c1-13-4-9-18(14(2)12-13)23-21(27)15(3)25-20(26)11-10-19(24-25)16-5-7-17(22)8-6-16/h4-12,15H,1-3H3,(H,23,27). The average molecular weight is 365 g/mol. The van der Waals surface area contributed by atoms with Crippen LogP contribution < -0.4 is 10.9 Å². The van der Waals surface area contributed by atoms with Crippen molar-refractivity contribution >= 4 is 11.6 Å². The van der Waals surface area contributed by atoms with E-state index in [0.717, 1.165) is 15.8 Å². The SMILES string of the molecule is Cc1ccc(NC(=O)C(C)n2nc(-c3ccc(F)cc3)ccc2=O)c(C)c1. The van der Waals surface area contributed by atoms with Crippen molar-refractivity contribution in [2.45, 2.75) is 26.8 Å². The van der Waals surface area contributed by atoms with E-state index in [-0.39, 0.29) is 17.3 Å². The largest absolute Gasteiger partial charge is 0.324 e. The number of amides is 1. The Kier molecular flexibility index (Phi) is 5.16. The summed E-state index contributed by atoms with van der Waals surface area (Å²) in [5.41, 5.74) is 3.50. The number of aromatic nitrogens is 2. The second-order valence-electron chi connectivity index (χ2n) is 6.49. The third-order valence-corrected chi connectivity index (χ3v) is 4.35. The van der Waals surface area contributed by atoms with E-state index >= 15 is 0 Å². The van der Waals surface area contributed by atoms with Gasteiger partial charge in [0.2, 0.25) is 5.91 Å². The number of rotatable bonds is 4. The second kappa shape index (κ2) is 7.53. The van der Waals surface area contributed by atoms with E-state index in [9.17, 15) is 14.0 Å². The number of carbonyl (C=O) groups is 1. The summed E-state index contributed by atoms with van der Waals surface area (Å²) in [6.07, 6.45) is 0. The minimum Gasteiger partial charge on any atom is -0.324 e. The summed E-state index contributed by atoms with van der Waals surface area (Å²) >= 11 is 0. The normalized spacial score (nSPS) is 11.9. The first-order valence-corrected chi connectivity index (χ1v) is 8.59. The summed E-state index contributed by atoms with van der Waals surface area (Å²) < 4.78 is 14.3. The smallest absolute Gasteiger partial charge is 0.267 e. The van der Waals surface area contributed by atoms with E-state index in [4.69, 9.17) is 0 Å². The van der Waals surface area contributed by atoms with Gasteiger partial charge in [-0.3, -0.25) is 9.59 Å². The van der Waals surface area contributed by atoms with Gasteiger partial charge in [-0.05, 0) is 62.7 Å². The van der Waals surface area contributed by atoms with Crippen LogP contribution in [0, 0.1) is 19.7 Å². The highest BCUT2D eigenvalue weighted by molar-refractivity contribution is 5.94. The maximum absolute atomic E-state index is 13.1. The van der Waals surface area contributed by atoms with Gasteiger partial charge in [-0.15, -0.1) is 0 Å². The van der Waals surface area contributed by atoms with Gasteiger partial charge in [-0.25, -0.2) is 9.07 Å². The summed E-state index contributed by atoms with van der Waals surface area (Å²) in [6, 6.07) is 13.6. The number of hydrogen-bond acceptors (Lipinski definition) is 3. The molecule has 0 spiro atoms. The van der Waals surface area contributed by atoms with Crippen LogP contribution in [0.3, 0.4) is 0 Å². The fourth-order valence-corrected chi connectivity index (χ4v) is 2.78. The zero-order valence-corrected chi connectivity index (χ0v) is 15.4. The van der Waals surface area contributed by atoms with E-state index < -0.39 is 6.04 Å². The van der Waals surface area contributed by atoms with Gasteiger partial charge in [0.15, 0.2) is 0 Å². The Morgan fingerprint density at radius 2 is 1.78 bits per heavy atom. The maximum atomic E-state index is 13.1. The molecule has 0 bridgehead atoms. The molecular weight excluding hydrogens is 345 g/mol. The molecule has 3 aromatic rings. The molecule has 0 aliphatic carbocycles. The number of nitrogens with one attached hydrogen (secondary N) is 1. The van der Waals surface area contributed by atoms with Crippen molar-refractivity contribution in [2.24, 2.45) is 0 Å². The summed E-state index contributed by atoms with van der Waals surface area (Å²) in [5.74, 6) is -0.693. The van der Waals surface area contributed by atoms with Gasteiger partial charge >= 0.3 is 0 Å².